The van der Waals surface area contributed by atoms with E-state index >= 15 is 0 Å². The van der Waals surface area contributed by atoms with Gasteiger partial charge >= 0.3 is 0 Å². The molecule has 3 rings (SSSR count). The molecule has 0 bridgehead atoms. The number of halogens is 3. The van der Waals surface area contributed by atoms with E-state index in [2.05, 4.69) is 29.6 Å². The molecule has 3 aromatic rings. The van der Waals surface area contributed by atoms with Crippen molar-refractivity contribution in [1.29, 1.82) is 0 Å². The van der Waals surface area contributed by atoms with E-state index in [4.69, 9.17) is 32.7 Å². The maximum atomic E-state index is 6.52. The maximum Gasteiger partial charge on any atom is 0.180 e. The van der Waals surface area contributed by atoms with Gasteiger partial charge in [0.05, 0.1) is 11.6 Å². The highest BCUT2D eigenvalue weighted by Gasteiger charge is 2.13. The lowest BCUT2D eigenvalue weighted by Gasteiger charge is -2.16. The van der Waals surface area contributed by atoms with Crippen LogP contribution in [0.5, 0.6) is 11.5 Å². The molecule has 0 saturated heterocycles. The van der Waals surface area contributed by atoms with Crippen molar-refractivity contribution in [2.24, 2.45) is 0 Å². The van der Waals surface area contributed by atoms with Crippen LogP contribution in [0, 0.1) is 0 Å². The van der Waals surface area contributed by atoms with Crippen LogP contribution in [0.2, 0.25) is 10.0 Å². The first kappa shape index (κ1) is 24.4. The van der Waals surface area contributed by atoms with Crippen molar-refractivity contribution < 1.29 is 9.47 Å². The molecule has 0 unspecified atom stereocenters. The lowest BCUT2D eigenvalue weighted by atomic mass is 10.1. The lowest BCUT2D eigenvalue weighted by Crippen LogP contribution is -2.16. The number of ether oxygens (including phenoxy) is 2. The third-order valence-corrected chi connectivity index (χ3v) is 4.96. The van der Waals surface area contributed by atoms with Crippen molar-refractivity contribution in [2.45, 2.75) is 26.5 Å². The van der Waals surface area contributed by atoms with Gasteiger partial charge in [0.2, 0.25) is 0 Å². The van der Waals surface area contributed by atoms with Crippen molar-refractivity contribution in [3.8, 4) is 11.5 Å². The Kier molecular flexibility index (Phi) is 10.3. The molecule has 6 heteroatoms. The molecule has 1 N–H and O–H groups in total. The number of hydrogen-bond acceptors (Lipinski definition) is 3. The second-order valence-electron chi connectivity index (χ2n) is 6.67. The van der Waals surface area contributed by atoms with Crippen molar-refractivity contribution in [3.05, 3.63) is 93.5 Å². The van der Waals surface area contributed by atoms with Gasteiger partial charge in [-0.1, -0.05) is 65.7 Å². The van der Waals surface area contributed by atoms with Gasteiger partial charge in [0.15, 0.2) is 11.5 Å². The smallest absolute Gasteiger partial charge is 0.180 e. The summed E-state index contributed by atoms with van der Waals surface area (Å²) in [6.07, 6.45) is 0.981. The van der Waals surface area contributed by atoms with Crippen LogP contribution < -0.4 is 14.8 Å². The maximum absolute atomic E-state index is 6.52. The molecule has 0 spiro atoms. The van der Waals surface area contributed by atoms with Crippen LogP contribution >= 0.6 is 35.6 Å². The van der Waals surface area contributed by atoms with Crippen LogP contribution in [0.15, 0.2) is 66.7 Å². The zero-order valence-corrected chi connectivity index (χ0v) is 19.2. The molecule has 0 aliphatic heterocycles. The Balaban J connectivity index is 0.00000320. The summed E-state index contributed by atoms with van der Waals surface area (Å²) >= 11 is 12.5. The van der Waals surface area contributed by atoms with Crippen molar-refractivity contribution >= 4 is 35.6 Å². The Morgan fingerprint density at radius 2 is 1.57 bits per heavy atom. The molecule has 0 radical (unpaired) electrons. The van der Waals surface area contributed by atoms with Crippen LogP contribution in [0.1, 0.15) is 23.6 Å². The number of nitrogens with one attached hydrogen (secondary N) is 1. The Morgan fingerprint density at radius 3 is 2.27 bits per heavy atom. The second-order valence-corrected chi connectivity index (χ2v) is 7.51. The SMILES string of the molecule is CCOc1cc(CNCCc2ccccc2)cc(Cl)c1OCc1ccc(Cl)cc1.Cl. The minimum absolute atomic E-state index is 0. The van der Waals surface area contributed by atoms with Crippen molar-refractivity contribution in [2.75, 3.05) is 13.2 Å². The zero-order valence-electron chi connectivity index (χ0n) is 16.9. The Hall–Kier alpha value is -1.91. The molecule has 0 saturated carbocycles. The van der Waals surface area contributed by atoms with Gasteiger partial charge in [0.1, 0.15) is 6.61 Å². The van der Waals surface area contributed by atoms with Gasteiger partial charge in [0, 0.05) is 11.6 Å². The summed E-state index contributed by atoms with van der Waals surface area (Å²) in [6, 6.07) is 21.9. The van der Waals surface area contributed by atoms with E-state index < -0.39 is 0 Å². The summed E-state index contributed by atoms with van der Waals surface area (Å²) in [4.78, 5) is 0. The molecule has 0 aromatic heterocycles. The molecular formula is C24H26Cl3NO2. The van der Waals surface area contributed by atoms with E-state index in [-0.39, 0.29) is 12.4 Å². The van der Waals surface area contributed by atoms with Gasteiger partial charge < -0.3 is 14.8 Å². The summed E-state index contributed by atoms with van der Waals surface area (Å²) in [5, 5.41) is 4.71. The predicted molar refractivity (Wildman–Crippen MR) is 128 cm³/mol. The van der Waals surface area contributed by atoms with Gasteiger partial charge in [-0.2, -0.15) is 0 Å². The molecule has 0 aliphatic rings. The fraction of sp³-hybridized carbons (Fsp3) is 0.250. The zero-order chi connectivity index (χ0) is 20.5. The lowest BCUT2D eigenvalue weighted by molar-refractivity contribution is 0.269. The highest BCUT2D eigenvalue weighted by molar-refractivity contribution is 6.32. The van der Waals surface area contributed by atoms with Crippen LogP contribution in [0.25, 0.3) is 0 Å². The summed E-state index contributed by atoms with van der Waals surface area (Å²) in [5.74, 6) is 1.23. The average molecular weight is 467 g/mol. The molecule has 3 aromatic carbocycles. The van der Waals surface area contributed by atoms with E-state index in [0.29, 0.717) is 41.3 Å². The van der Waals surface area contributed by atoms with E-state index in [1.54, 1.807) is 0 Å². The number of rotatable bonds is 10. The minimum atomic E-state index is 0. The highest BCUT2D eigenvalue weighted by atomic mass is 35.5. The molecule has 30 heavy (non-hydrogen) atoms. The Morgan fingerprint density at radius 1 is 0.833 bits per heavy atom. The Bertz CT molecular complexity index is 902. The van der Waals surface area contributed by atoms with Gasteiger partial charge in [-0.05, 0) is 60.8 Å². The largest absolute Gasteiger partial charge is 0.490 e. The molecule has 0 aliphatic carbocycles. The monoisotopic (exact) mass is 465 g/mol. The van der Waals surface area contributed by atoms with Gasteiger partial charge in [-0.15, -0.1) is 12.4 Å². The first-order valence-corrected chi connectivity index (χ1v) is 10.5. The molecule has 3 nitrogen and oxygen atoms in total. The molecule has 160 valence electrons. The predicted octanol–water partition coefficient (Wildman–Crippen LogP) is 6.73. The highest BCUT2D eigenvalue weighted by Crippen LogP contribution is 2.37. The molecular weight excluding hydrogens is 441 g/mol. The first-order valence-electron chi connectivity index (χ1n) is 9.73. The minimum Gasteiger partial charge on any atom is -0.490 e. The van der Waals surface area contributed by atoms with E-state index in [9.17, 15) is 0 Å². The fourth-order valence-corrected chi connectivity index (χ4v) is 3.39. The van der Waals surface area contributed by atoms with Gasteiger partial charge in [0.25, 0.3) is 0 Å². The van der Waals surface area contributed by atoms with Crippen LogP contribution in [0.3, 0.4) is 0 Å². The number of benzene rings is 3. The standard InChI is InChI=1S/C24H25Cl2NO2.ClH/c1-2-28-23-15-20(16-27-13-12-18-6-4-3-5-7-18)14-22(26)24(23)29-17-19-8-10-21(25)11-9-19;/h3-11,14-15,27H,2,12-13,16-17H2,1H3;1H. The first-order chi connectivity index (χ1) is 14.2. The summed E-state index contributed by atoms with van der Waals surface area (Å²) < 4.78 is 11.7. The molecule has 0 heterocycles. The van der Waals surface area contributed by atoms with Crippen molar-refractivity contribution in [1.82, 2.24) is 5.32 Å². The quantitative estimate of drug-likeness (QED) is 0.336. The van der Waals surface area contributed by atoms with Crippen LogP contribution in [-0.2, 0) is 19.6 Å². The fourth-order valence-electron chi connectivity index (χ4n) is 2.97. The van der Waals surface area contributed by atoms with Gasteiger partial charge in [-0.3, -0.25) is 0 Å². The van der Waals surface area contributed by atoms with E-state index in [1.807, 2.05) is 49.4 Å². The molecule has 0 atom stereocenters. The Labute approximate surface area is 194 Å². The second kappa shape index (κ2) is 12.7. The third kappa shape index (κ3) is 7.41. The normalized spacial score (nSPS) is 10.4. The number of hydrogen-bond donors (Lipinski definition) is 1. The summed E-state index contributed by atoms with van der Waals surface area (Å²) in [5.41, 5.74) is 3.39. The van der Waals surface area contributed by atoms with Crippen LogP contribution in [-0.4, -0.2) is 13.2 Å². The average Bonchev–Trinajstić information content (AvgIpc) is 2.73. The molecule has 0 amide bonds. The third-order valence-electron chi connectivity index (χ3n) is 4.43. The topological polar surface area (TPSA) is 30.5 Å². The summed E-state index contributed by atoms with van der Waals surface area (Å²) in [7, 11) is 0. The molecule has 0 fully saturated rings. The van der Waals surface area contributed by atoms with Crippen LogP contribution in [0.4, 0.5) is 0 Å². The summed E-state index contributed by atoms with van der Waals surface area (Å²) in [6.45, 7) is 4.48. The van der Waals surface area contributed by atoms with E-state index in [0.717, 1.165) is 24.1 Å². The van der Waals surface area contributed by atoms with Gasteiger partial charge in [-0.25, -0.2) is 0 Å². The van der Waals surface area contributed by atoms with Crippen molar-refractivity contribution in [3.63, 3.8) is 0 Å². The van der Waals surface area contributed by atoms with E-state index in [1.165, 1.54) is 5.56 Å².